The number of methoxy groups -OCH3 is 1. The van der Waals surface area contributed by atoms with E-state index < -0.39 is 0 Å². The van der Waals surface area contributed by atoms with E-state index in [1.165, 1.54) is 7.11 Å². The molecule has 0 aliphatic heterocycles. The van der Waals surface area contributed by atoms with Gasteiger partial charge in [0.2, 0.25) is 0 Å². The molecule has 0 saturated carbocycles. The lowest BCUT2D eigenvalue weighted by molar-refractivity contribution is -0.139. The minimum atomic E-state index is -0.267. The zero-order chi connectivity index (χ0) is 13.9. The molecule has 3 aromatic heterocycles. The molecule has 3 rings (SSSR count). The molecule has 0 radical (unpaired) electrons. The van der Waals surface area contributed by atoms with Gasteiger partial charge in [-0.15, -0.1) is 0 Å². The van der Waals surface area contributed by atoms with Crippen molar-refractivity contribution in [3.8, 4) is 11.4 Å². The molecule has 0 aromatic carbocycles. The van der Waals surface area contributed by atoms with Crippen LogP contribution in [0.3, 0.4) is 0 Å². The van der Waals surface area contributed by atoms with Gasteiger partial charge in [-0.2, -0.15) is 0 Å². The predicted octanol–water partition coefficient (Wildman–Crippen LogP) is 2.11. The Morgan fingerprint density at radius 1 is 1.30 bits per heavy atom. The van der Waals surface area contributed by atoms with E-state index in [4.69, 9.17) is 0 Å². The smallest absolute Gasteiger partial charge is 0.309 e. The summed E-state index contributed by atoms with van der Waals surface area (Å²) in [6.07, 6.45) is 5.76. The summed E-state index contributed by atoms with van der Waals surface area (Å²) in [5, 5.41) is 0. The van der Waals surface area contributed by atoms with Gasteiger partial charge in [0.1, 0.15) is 11.3 Å². The summed E-state index contributed by atoms with van der Waals surface area (Å²) in [6, 6.07) is 9.48. The Hall–Kier alpha value is -2.69. The Kier molecular flexibility index (Phi) is 3.16. The predicted molar refractivity (Wildman–Crippen MR) is 74.1 cm³/mol. The van der Waals surface area contributed by atoms with Crippen molar-refractivity contribution in [1.29, 1.82) is 0 Å². The van der Waals surface area contributed by atoms with Crippen LogP contribution in [0.5, 0.6) is 0 Å². The molecule has 0 aliphatic carbocycles. The highest BCUT2D eigenvalue weighted by Gasteiger charge is 2.08. The van der Waals surface area contributed by atoms with Crippen LogP contribution in [0.15, 0.2) is 48.9 Å². The van der Waals surface area contributed by atoms with E-state index in [1.807, 2.05) is 41.1 Å². The molecule has 5 heteroatoms. The molecule has 0 aliphatic rings. The number of pyridine rings is 2. The van der Waals surface area contributed by atoms with E-state index in [9.17, 15) is 4.79 Å². The van der Waals surface area contributed by atoms with Crippen molar-refractivity contribution in [3.05, 3.63) is 54.5 Å². The number of fused-ring (bicyclic) bond motifs is 1. The zero-order valence-electron chi connectivity index (χ0n) is 11.0. The number of nitrogens with zero attached hydrogens (tertiary/aromatic N) is 3. The van der Waals surface area contributed by atoms with E-state index in [0.29, 0.717) is 0 Å². The molecule has 0 saturated heterocycles. The molecular formula is C15H13N3O2. The molecule has 5 nitrogen and oxygen atoms in total. The van der Waals surface area contributed by atoms with Crippen LogP contribution in [0.1, 0.15) is 5.56 Å². The van der Waals surface area contributed by atoms with Crippen LogP contribution < -0.4 is 0 Å². The maximum Gasteiger partial charge on any atom is 0.309 e. The minimum Gasteiger partial charge on any atom is -0.469 e. The van der Waals surface area contributed by atoms with Crippen molar-refractivity contribution >= 4 is 11.6 Å². The van der Waals surface area contributed by atoms with Gasteiger partial charge in [0.25, 0.3) is 0 Å². The van der Waals surface area contributed by atoms with Crippen LogP contribution >= 0.6 is 0 Å². The minimum absolute atomic E-state index is 0.236. The standard InChI is InChI=1S/C15H13N3O2/c1-20-15(19)9-11-5-6-16-12(8-11)13-10-18-7-3-2-4-14(18)17-13/h2-8,10H,9H2,1H3. The summed E-state index contributed by atoms with van der Waals surface area (Å²) in [7, 11) is 1.38. The molecule has 3 aromatic rings. The van der Waals surface area contributed by atoms with Crippen molar-refractivity contribution in [2.75, 3.05) is 7.11 Å². The molecule has 3 heterocycles. The number of esters is 1. The fraction of sp³-hybridized carbons (Fsp3) is 0.133. The van der Waals surface area contributed by atoms with Crippen LogP contribution in [0.25, 0.3) is 17.0 Å². The van der Waals surface area contributed by atoms with E-state index in [2.05, 4.69) is 14.7 Å². The Morgan fingerprint density at radius 3 is 3.00 bits per heavy atom. The van der Waals surface area contributed by atoms with E-state index in [1.54, 1.807) is 12.3 Å². The molecule has 0 bridgehead atoms. The Bertz CT molecular complexity index is 731. The zero-order valence-corrected chi connectivity index (χ0v) is 11.0. The summed E-state index contributed by atoms with van der Waals surface area (Å²) < 4.78 is 6.60. The molecule has 0 atom stereocenters. The van der Waals surface area contributed by atoms with Crippen molar-refractivity contribution in [1.82, 2.24) is 14.4 Å². The largest absolute Gasteiger partial charge is 0.469 e. The SMILES string of the molecule is COC(=O)Cc1ccnc(-c2cn3ccccc3n2)c1. The number of imidazole rings is 1. The molecule has 20 heavy (non-hydrogen) atoms. The lowest BCUT2D eigenvalue weighted by Crippen LogP contribution is -2.04. The number of rotatable bonds is 3. The van der Waals surface area contributed by atoms with Crippen molar-refractivity contribution < 1.29 is 9.53 Å². The molecule has 0 N–H and O–H groups in total. The topological polar surface area (TPSA) is 56.5 Å². The highest BCUT2D eigenvalue weighted by Crippen LogP contribution is 2.18. The van der Waals surface area contributed by atoms with Gasteiger partial charge in [-0.1, -0.05) is 6.07 Å². The molecule has 0 fully saturated rings. The maximum atomic E-state index is 11.3. The Morgan fingerprint density at radius 2 is 2.20 bits per heavy atom. The third kappa shape index (κ3) is 2.38. The second kappa shape index (κ2) is 5.13. The highest BCUT2D eigenvalue weighted by atomic mass is 16.5. The van der Waals surface area contributed by atoms with Crippen LogP contribution in [-0.2, 0) is 16.0 Å². The van der Waals surface area contributed by atoms with Crippen LogP contribution in [0, 0.1) is 0 Å². The fourth-order valence-electron chi connectivity index (χ4n) is 2.02. The second-order valence-electron chi connectivity index (χ2n) is 4.39. The van der Waals surface area contributed by atoms with Gasteiger partial charge >= 0.3 is 5.97 Å². The summed E-state index contributed by atoms with van der Waals surface area (Å²) >= 11 is 0. The Balaban J connectivity index is 1.97. The normalized spacial score (nSPS) is 10.7. The lowest BCUT2D eigenvalue weighted by atomic mass is 10.1. The van der Waals surface area contributed by atoms with Gasteiger partial charge in [-0.05, 0) is 29.8 Å². The average molecular weight is 267 g/mol. The first-order valence-electron chi connectivity index (χ1n) is 6.22. The first kappa shape index (κ1) is 12.3. The summed E-state index contributed by atoms with van der Waals surface area (Å²) in [5.41, 5.74) is 3.25. The van der Waals surface area contributed by atoms with Gasteiger partial charge in [0.15, 0.2) is 0 Å². The van der Waals surface area contributed by atoms with E-state index in [-0.39, 0.29) is 12.4 Å². The number of ether oxygens (including phenoxy) is 1. The highest BCUT2D eigenvalue weighted by molar-refractivity contribution is 5.73. The van der Waals surface area contributed by atoms with Gasteiger partial charge < -0.3 is 9.14 Å². The van der Waals surface area contributed by atoms with Gasteiger partial charge in [-0.25, -0.2) is 4.98 Å². The molecule has 100 valence electrons. The average Bonchev–Trinajstić information content (AvgIpc) is 2.91. The number of carbonyl (C=O) groups is 1. The van der Waals surface area contributed by atoms with E-state index >= 15 is 0 Å². The number of aromatic nitrogens is 3. The second-order valence-corrected chi connectivity index (χ2v) is 4.39. The summed E-state index contributed by atoms with van der Waals surface area (Å²) in [6.45, 7) is 0. The monoisotopic (exact) mass is 267 g/mol. The first-order valence-corrected chi connectivity index (χ1v) is 6.22. The first-order chi connectivity index (χ1) is 9.76. The number of carbonyl (C=O) groups excluding carboxylic acids is 1. The Labute approximate surface area is 115 Å². The third-order valence-electron chi connectivity index (χ3n) is 3.03. The fourth-order valence-corrected chi connectivity index (χ4v) is 2.02. The van der Waals surface area contributed by atoms with Crippen molar-refractivity contribution in [2.24, 2.45) is 0 Å². The summed E-state index contributed by atoms with van der Waals surface area (Å²) in [4.78, 5) is 20.1. The lowest BCUT2D eigenvalue weighted by Gasteiger charge is -2.01. The molecule has 0 amide bonds. The van der Waals surface area contributed by atoms with Crippen LogP contribution in [0.4, 0.5) is 0 Å². The van der Waals surface area contributed by atoms with Gasteiger partial charge in [-0.3, -0.25) is 9.78 Å². The van der Waals surface area contributed by atoms with Gasteiger partial charge in [0.05, 0.1) is 19.2 Å². The molecule has 0 spiro atoms. The molecule has 0 unspecified atom stereocenters. The van der Waals surface area contributed by atoms with Crippen molar-refractivity contribution in [3.63, 3.8) is 0 Å². The molecular weight excluding hydrogens is 254 g/mol. The quantitative estimate of drug-likeness (QED) is 0.682. The van der Waals surface area contributed by atoms with Gasteiger partial charge in [0, 0.05) is 18.6 Å². The third-order valence-corrected chi connectivity index (χ3v) is 3.03. The number of hydrogen-bond donors (Lipinski definition) is 0. The number of hydrogen-bond acceptors (Lipinski definition) is 4. The van der Waals surface area contributed by atoms with Crippen LogP contribution in [0.2, 0.25) is 0 Å². The van der Waals surface area contributed by atoms with Crippen molar-refractivity contribution in [2.45, 2.75) is 6.42 Å². The summed E-state index contributed by atoms with van der Waals surface area (Å²) in [5.74, 6) is -0.267. The van der Waals surface area contributed by atoms with Crippen LogP contribution in [-0.4, -0.2) is 27.4 Å². The van der Waals surface area contributed by atoms with E-state index in [0.717, 1.165) is 22.6 Å². The maximum absolute atomic E-state index is 11.3.